The summed E-state index contributed by atoms with van der Waals surface area (Å²) in [5.41, 5.74) is -0.412. The Bertz CT molecular complexity index is 895. The van der Waals surface area contributed by atoms with Gasteiger partial charge in [0.15, 0.2) is 11.8 Å². The number of aromatic nitrogens is 3. The number of fused-ring (bicyclic) bond motifs is 1. The lowest BCUT2D eigenvalue weighted by atomic mass is 9.97. The van der Waals surface area contributed by atoms with Crippen molar-refractivity contribution < 1.29 is 18.3 Å². The van der Waals surface area contributed by atoms with Gasteiger partial charge in [-0.05, 0) is 17.7 Å². The van der Waals surface area contributed by atoms with Crippen molar-refractivity contribution >= 4 is 5.97 Å². The first-order valence-corrected chi connectivity index (χ1v) is 7.24. The molecule has 2 heterocycles. The normalized spacial score (nSPS) is 18.8. The van der Waals surface area contributed by atoms with E-state index >= 15 is 8.78 Å². The molecule has 0 fully saturated rings. The third kappa shape index (κ3) is 2.09. The van der Waals surface area contributed by atoms with E-state index in [0.717, 1.165) is 4.68 Å². The second-order valence-corrected chi connectivity index (χ2v) is 5.35. The molecule has 5 nitrogen and oxygen atoms in total. The van der Waals surface area contributed by atoms with Crippen LogP contribution in [-0.2, 0) is 10.7 Å². The summed E-state index contributed by atoms with van der Waals surface area (Å²) < 4.78 is 36.2. The number of ether oxygens (including phenoxy) is 1. The summed E-state index contributed by atoms with van der Waals surface area (Å²) in [6.45, 7) is 0. The van der Waals surface area contributed by atoms with Crippen molar-refractivity contribution in [2.24, 2.45) is 0 Å². The maximum Gasteiger partial charge on any atom is 0.361 e. The molecule has 0 aliphatic carbocycles. The third-order valence-corrected chi connectivity index (χ3v) is 3.84. The standard InChI is InChI=1S/C17H11F2N3O2/c18-17(19)14-13(20-21-22(14)12-9-5-2-6-10-12)16(23)24-15(17)11-7-3-1-4-8-11/h1-10,15H. The molecule has 1 aliphatic heterocycles. The Morgan fingerprint density at radius 2 is 1.62 bits per heavy atom. The number of rotatable bonds is 2. The van der Waals surface area contributed by atoms with E-state index in [4.69, 9.17) is 4.74 Å². The summed E-state index contributed by atoms with van der Waals surface area (Å²) in [6, 6.07) is 16.3. The van der Waals surface area contributed by atoms with Crippen molar-refractivity contribution in [3.63, 3.8) is 0 Å². The highest BCUT2D eigenvalue weighted by Gasteiger charge is 2.55. The number of carbonyl (C=O) groups excluding carboxylic acids is 1. The van der Waals surface area contributed by atoms with Crippen LogP contribution in [0.15, 0.2) is 60.7 Å². The zero-order valence-corrected chi connectivity index (χ0v) is 12.3. The molecule has 0 saturated carbocycles. The van der Waals surface area contributed by atoms with Gasteiger partial charge in [0.05, 0.1) is 5.69 Å². The van der Waals surface area contributed by atoms with Crippen LogP contribution in [0.5, 0.6) is 0 Å². The maximum atomic E-state index is 15.1. The van der Waals surface area contributed by atoms with E-state index < -0.39 is 29.4 Å². The fraction of sp³-hybridized carbons (Fsp3) is 0.118. The lowest BCUT2D eigenvalue weighted by Crippen LogP contribution is -2.36. The van der Waals surface area contributed by atoms with Gasteiger partial charge in [-0.1, -0.05) is 53.7 Å². The molecule has 3 aromatic rings. The Morgan fingerprint density at radius 1 is 1.00 bits per heavy atom. The van der Waals surface area contributed by atoms with Gasteiger partial charge in [-0.2, -0.15) is 8.78 Å². The highest BCUT2D eigenvalue weighted by atomic mass is 19.3. The molecule has 2 aromatic carbocycles. The molecule has 0 N–H and O–H groups in total. The molecule has 0 amide bonds. The summed E-state index contributed by atoms with van der Waals surface area (Å²) in [5.74, 6) is -4.38. The number of hydrogen-bond donors (Lipinski definition) is 0. The molecule has 1 aliphatic rings. The van der Waals surface area contributed by atoms with E-state index in [1.54, 1.807) is 48.5 Å². The average molecular weight is 327 g/mol. The zero-order chi connectivity index (χ0) is 16.7. The van der Waals surface area contributed by atoms with Crippen LogP contribution in [0.3, 0.4) is 0 Å². The minimum atomic E-state index is -3.47. The van der Waals surface area contributed by atoms with E-state index in [1.165, 1.54) is 12.1 Å². The fourth-order valence-corrected chi connectivity index (χ4v) is 2.73. The summed E-state index contributed by atoms with van der Waals surface area (Å²) in [4.78, 5) is 12.1. The van der Waals surface area contributed by atoms with Crippen LogP contribution in [-0.4, -0.2) is 21.0 Å². The van der Waals surface area contributed by atoms with Gasteiger partial charge in [0.2, 0.25) is 5.69 Å². The van der Waals surface area contributed by atoms with Gasteiger partial charge in [0, 0.05) is 0 Å². The topological polar surface area (TPSA) is 57.0 Å². The van der Waals surface area contributed by atoms with Gasteiger partial charge in [0.25, 0.3) is 0 Å². The molecule has 0 radical (unpaired) electrons. The number of cyclic esters (lactones) is 1. The van der Waals surface area contributed by atoms with E-state index in [-0.39, 0.29) is 5.56 Å². The Balaban J connectivity index is 1.90. The van der Waals surface area contributed by atoms with Crippen LogP contribution in [0.4, 0.5) is 8.78 Å². The molecule has 0 saturated heterocycles. The zero-order valence-electron chi connectivity index (χ0n) is 12.3. The first-order chi connectivity index (χ1) is 11.6. The van der Waals surface area contributed by atoms with Gasteiger partial charge in [-0.3, -0.25) is 0 Å². The largest absolute Gasteiger partial charge is 0.446 e. The van der Waals surface area contributed by atoms with Crippen LogP contribution >= 0.6 is 0 Å². The maximum absolute atomic E-state index is 15.1. The summed E-state index contributed by atoms with van der Waals surface area (Å²) in [6.07, 6.45) is -1.72. The summed E-state index contributed by atoms with van der Waals surface area (Å²) in [7, 11) is 0. The number of halogens is 2. The van der Waals surface area contributed by atoms with Crippen molar-refractivity contribution in [3.05, 3.63) is 77.6 Å². The predicted molar refractivity (Wildman–Crippen MR) is 79.9 cm³/mol. The van der Waals surface area contributed by atoms with Gasteiger partial charge in [-0.25, -0.2) is 9.48 Å². The second kappa shape index (κ2) is 5.23. The number of alkyl halides is 2. The Kier molecular flexibility index (Phi) is 3.16. The van der Waals surface area contributed by atoms with Gasteiger partial charge in [0.1, 0.15) is 0 Å². The van der Waals surface area contributed by atoms with E-state index in [1.807, 2.05) is 0 Å². The molecule has 4 rings (SSSR count). The minimum absolute atomic E-state index is 0.210. The molecule has 120 valence electrons. The molecule has 1 atom stereocenters. The fourth-order valence-electron chi connectivity index (χ4n) is 2.73. The molecular weight excluding hydrogens is 316 g/mol. The molecule has 7 heteroatoms. The third-order valence-electron chi connectivity index (χ3n) is 3.84. The van der Waals surface area contributed by atoms with Crippen molar-refractivity contribution in [2.75, 3.05) is 0 Å². The number of esters is 1. The molecule has 0 spiro atoms. The number of carbonyl (C=O) groups is 1. The predicted octanol–water partition coefficient (Wildman–Crippen LogP) is 3.27. The van der Waals surface area contributed by atoms with Crippen LogP contribution in [0, 0.1) is 0 Å². The lowest BCUT2D eigenvalue weighted by molar-refractivity contribution is -0.137. The minimum Gasteiger partial charge on any atom is -0.446 e. The average Bonchev–Trinajstić information content (AvgIpc) is 3.07. The molecule has 24 heavy (non-hydrogen) atoms. The Morgan fingerprint density at radius 3 is 2.29 bits per heavy atom. The van der Waals surface area contributed by atoms with Crippen LogP contribution < -0.4 is 0 Å². The van der Waals surface area contributed by atoms with Crippen molar-refractivity contribution in [2.45, 2.75) is 12.0 Å². The van der Waals surface area contributed by atoms with Crippen molar-refractivity contribution in [1.29, 1.82) is 0 Å². The summed E-state index contributed by atoms with van der Waals surface area (Å²) >= 11 is 0. The number of para-hydroxylation sites is 1. The van der Waals surface area contributed by atoms with Gasteiger partial charge in [-0.15, -0.1) is 5.10 Å². The smallest absolute Gasteiger partial charge is 0.361 e. The van der Waals surface area contributed by atoms with Crippen molar-refractivity contribution in [3.8, 4) is 5.69 Å². The first-order valence-electron chi connectivity index (χ1n) is 7.24. The molecule has 1 unspecified atom stereocenters. The highest BCUT2D eigenvalue weighted by Crippen LogP contribution is 2.47. The Labute approximate surface area is 135 Å². The first kappa shape index (κ1) is 14.5. The number of hydrogen-bond acceptors (Lipinski definition) is 4. The van der Waals surface area contributed by atoms with E-state index in [9.17, 15) is 4.79 Å². The lowest BCUT2D eigenvalue weighted by Gasteiger charge is -2.30. The molecular formula is C17H11F2N3O2. The van der Waals surface area contributed by atoms with Crippen LogP contribution in [0.1, 0.15) is 27.8 Å². The van der Waals surface area contributed by atoms with Crippen molar-refractivity contribution in [1.82, 2.24) is 15.0 Å². The van der Waals surface area contributed by atoms with Crippen LogP contribution in [0.2, 0.25) is 0 Å². The van der Waals surface area contributed by atoms with E-state index in [0.29, 0.717) is 5.69 Å². The number of benzene rings is 2. The van der Waals surface area contributed by atoms with Crippen LogP contribution in [0.25, 0.3) is 5.69 Å². The second-order valence-electron chi connectivity index (χ2n) is 5.35. The van der Waals surface area contributed by atoms with Gasteiger partial charge < -0.3 is 4.74 Å². The quantitative estimate of drug-likeness (QED) is 0.678. The molecule has 1 aromatic heterocycles. The van der Waals surface area contributed by atoms with Gasteiger partial charge >= 0.3 is 11.9 Å². The van der Waals surface area contributed by atoms with E-state index in [2.05, 4.69) is 10.3 Å². The molecule has 0 bridgehead atoms. The number of nitrogens with zero attached hydrogens (tertiary/aromatic N) is 3. The Hall–Kier alpha value is -3.09. The monoisotopic (exact) mass is 327 g/mol. The summed E-state index contributed by atoms with van der Waals surface area (Å²) in [5, 5.41) is 7.32. The SMILES string of the molecule is O=C1OC(c2ccccc2)C(F)(F)c2c1nnn2-c1ccccc1. The highest BCUT2D eigenvalue weighted by molar-refractivity contribution is 5.90.